The van der Waals surface area contributed by atoms with E-state index in [9.17, 15) is 18.0 Å². The van der Waals surface area contributed by atoms with Gasteiger partial charge in [-0.25, -0.2) is 4.98 Å². The smallest absolute Gasteiger partial charge is 0.405 e. The minimum atomic E-state index is -4.91. The SMILES string of the molecule is N/C(=C\c1[nH]c(=S)nc2ccccc12)CNC(=O)c1ccccc1OC(F)(F)F. The maximum absolute atomic E-state index is 12.5. The van der Waals surface area contributed by atoms with Crippen LogP contribution in [-0.2, 0) is 0 Å². The first-order valence-corrected chi connectivity index (χ1v) is 8.72. The molecule has 2 aromatic carbocycles. The molecule has 4 N–H and O–H groups in total. The maximum atomic E-state index is 12.5. The summed E-state index contributed by atoms with van der Waals surface area (Å²) < 4.78 is 41.7. The molecule has 0 saturated heterocycles. The molecule has 1 amide bonds. The second kappa shape index (κ2) is 8.31. The molecular formula is C19H15F3N4O2S. The number of ether oxygens (including phenoxy) is 1. The molecular weight excluding hydrogens is 405 g/mol. The molecule has 0 atom stereocenters. The van der Waals surface area contributed by atoms with Crippen LogP contribution >= 0.6 is 12.2 Å². The van der Waals surface area contributed by atoms with Crippen molar-refractivity contribution in [2.45, 2.75) is 6.36 Å². The van der Waals surface area contributed by atoms with Crippen LogP contribution in [0.2, 0.25) is 0 Å². The predicted molar refractivity (Wildman–Crippen MR) is 105 cm³/mol. The van der Waals surface area contributed by atoms with Crippen molar-refractivity contribution >= 4 is 35.1 Å². The number of rotatable bonds is 5. The van der Waals surface area contributed by atoms with Gasteiger partial charge in [0.15, 0.2) is 4.77 Å². The largest absolute Gasteiger partial charge is 0.573 e. The average molecular weight is 420 g/mol. The number of nitrogens with zero attached hydrogens (tertiary/aromatic N) is 1. The third kappa shape index (κ3) is 5.32. The van der Waals surface area contributed by atoms with Crippen LogP contribution in [0.25, 0.3) is 17.0 Å². The summed E-state index contributed by atoms with van der Waals surface area (Å²) in [5.41, 5.74) is 7.26. The summed E-state index contributed by atoms with van der Waals surface area (Å²) in [5.74, 6) is -1.35. The highest BCUT2D eigenvalue weighted by Gasteiger charge is 2.32. The van der Waals surface area contributed by atoms with Gasteiger partial charge in [0.25, 0.3) is 5.91 Å². The number of aromatic amines is 1. The highest BCUT2D eigenvalue weighted by Crippen LogP contribution is 2.26. The van der Waals surface area contributed by atoms with Crippen LogP contribution in [0.15, 0.2) is 54.2 Å². The highest BCUT2D eigenvalue weighted by atomic mass is 32.1. The lowest BCUT2D eigenvalue weighted by Crippen LogP contribution is -2.29. The zero-order chi connectivity index (χ0) is 21.0. The van der Waals surface area contributed by atoms with E-state index in [1.54, 1.807) is 12.1 Å². The van der Waals surface area contributed by atoms with Crippen LogP contribution in [0.4, 0.5) is 13.2 Å². The predicted octanol–water partition coefficient (Wildman–Crippen LogP) is 3.92. The van der Waals surface area contributed by atoms with Crippen molar-refractivity contribution < 1.29 is 22.7 Å². The first-order valence-electron chi connectivity index (χ1n) is 8.31. The lowest BCUT2D eigenvalue weighted by Gasteiger charge is -2.13. The summed E-state index contributed by atoms with van der Waals surface area (Å²) in [6.07, 6.45) is -3.33. The molecule has 0 fully saturated rings. The van der Waals surface area contributed by atoms with Crippen LogP contribution in [-0.4, -0.2) is 28.8 Å². The summed E-state index contributed by atoms with van der Waals surface area (Å²) in [6, 6.07) is 12.3. The summed E-state index contributed by atoms with van der Waals surface area (Å²) in [4.78, 5) is 19.4. The Morgan fingerprint density at radius 1 is 1.21 bits per heavy atom. The van der Waals surface area contributed by atoms with Gasteiger partial charge >= 0.3 is 6.36 Å². The quantitative estimate of drug-likeness (QED) is 0.544. The number of nitrogens with one attached hydrogen (secondary N) is 2. The molecule has 3 aromatic rings. The molecule has 150 valence electrons. The van der Waals surface area contributed by atoms with Crippen LogP contribution < -0.4 is 15.8 Å². The number of hydrogen-bond acceptors (Lipinski definition) is 5. The minimum absolute atomic E-state index is 0.101. The van der Waals surface area contributed by atoms with E-state index in [-0.39, 0.29) is 22.6 Å². The van der Waals surface area contributed by atoms with Gasteiger partial charge in [-0.15, -0.1) is 13.2 Å². The molecule has 6 nitrogen and oxygen atoms in total. The van der Waals surface area contributed by atoms with Crippen LogP contribution in [0.3, 0.4) is 0 Å². The number of fused-ring (bicyclic) bond motifs is 1. The van der Waals surface area contributed by atoms with Gasteiger partial charge in [0.1, 0.15) is 5.75 Å². The van der Waals surface area contributed by atoms with Crippen molar-refractivity contribution in [1.29, 1.82) is 0 Å². The summed E-state index contributed by atoms with van der Waals surface area (Å²) >= 11 is 5.10. The van der Waals surface area contributed by atoms with E-state index in [0.717, 1.165) is 11.5 Å². The zero-order valence-corrected chi connectivity index (χ0v) is 15.6. The van der Waals surface area contributed by atoms with Gasteiger partial charge in [0.05, 0.1) is 23.3 Å². The molecule has 0 aliphatic carbocycles. The van der Waals surface area contributed by atoms with Gasteiger partial charge in [-0.05, 0) is 36.5 Å². The van der Waals surface area contributed by atoms with Gasteiger partial charge < -0.3 is 20.8 Å². The summed E-state index contributed by atoms with van der Waals surface area (Å²) in [7, 11) is 0. The Morgan fingerprint density at radius 3 is 2.66 bits per heavy atom. The number of halogens is 3. The van der Waals surface area contributed by atoms with E-state index >= 15 is 0 Å². The van der Waals surface area contributed by atoms with Crippen molar-refractivity contribution in [3.8, 4) is 5.75 Å². The summed E-state index contributed by atoms with van der Waals surface area (Å²) in [6.45, 7) is -0.101. The van der Waals surface area contributed by atoms with E-state index in [0.29, 0.717) is 11.2 Å². The van der Waals surface area contributed by atoms with Gasteiger partial charge in [-0.1, -0.05) is 30.3 Å². The normalized spacial score (nSPS) is 12.0. The topological polar surface area (TPSA) is 93.0 Å². The number of carbonyl (C=O) groups is 1. The second-order valence-electron chi connectivity index (χ2n) is 5.92. The molecule has 0 radical (unpaired) electrons. The number of benzene rings is 2. The van der Waals surface area contributed by atoms with Gasteiger partial charge in [0, 0.05) is 11.1 Å². The number of nitrogens with two attached hydrogens (primary N) is 1. The molecule has 0 aliphatic rings. The fourth-order valence-corrected chi connectivity index (χ4v) is 2.82. The number of hydrogen-bond donors (Lipinski definition) is 3. The molecule has 0 bridgehead atoms. The lowest BCUT2D eigenvalue weighted by molar-refractivity contribution is -0.274. The first-order chi connectivity index (χ1) is 13.7. The third-order valence-corrected chi connectivity index (χ3v) is 3.99. The minimum Gasteiger partial charge on any atom is -0.405 e. The Hall–Kier alpha value is -3.40. The van der Waals surface area contributed by atoms with E-state index < -0.39 is 18.0 Å². The number of amides is 1. The number of para-hydroxylation sites is 2. The lowest BCUT2D eigenvalue weighted by atomic mass is 10.1. The second-order valence-corrected chi connectivity index (χ2v) is 6.31. The molecule has 3 rings (SSSR count). The van der Waals surface area contributed by atoms with Crippen LogP contribution in [0, 0.1) is 4.77 Å². The Balaban J connectivity index is 1.77. The Morgan fingerprint density at radius 2 is 1.90 bits per heavy atom. The Kier molecular flexibility index (Phi) is 5.83. The number of alkyl halides is 3. The number of carbonyl (C=O) groups excluding carboxylic acids is 1. The van der Waals surface area contributed by atoms with Gasteiger partial charge in [-0.2, -0.15) is 0 Å². The molecule has 29 heavy (non-hydrogen) atoms. The van der Waals surface area contributed by atoms with Gasteiger partial charge in [-0.3, -0.25) is 4.79 Å². The molecule has 0 aliphatic heterocycles. The van der Waals surface area contributed by atoms with Crippen molar-refractivity contribution in [3.63, 3.8) is 0 Å². The number of aromatic nitrogens is 2. The van der Waals surface area contributed by atoms with E-state index in [1.165, 1.54) is 18.2 Å². The van der Waals surface area contributed by atoms with Crippen molar-refractivity contribution in [3.05, 3.63) is 70.3 Å². The van der Waals surface area contributed by atoms with E-state index in [1.807, 2.05) is 18.2 Å². The number of H-pyrrole nitrogens is 1. The average Bonchev–Trinajstić information content (AvgIpc) is 2.65. The Bertz CT molecular complexity index is 1140. The molecule has 0 unspecified atom stereocenters. The van der Waals surface area contributed by atoms with Crippen LogP contribution in [0.5, 0.6) is 5.75 Å². The van der Waals surface area contributed by atoms with Crippen molar-refractivity contribution in [1.82, 2.24) is 15.3 Å². The third-order valence-electron chi connectivity index (χ3n) is 3.80. The Labute approximate surface area is 168 Å². The first kappa shape index (κ1) is 20.3. The molecule has 1 aromatic heterocycles. The molecule has 0 spiro atoms. The summed E-state index contributed by atoms with van der Waals surface area (Å²) in [5, 5.41) is 3.25. The van der Waals surface area contributed by atoms with Crippen molar-refractivity contribution in [2.24, 2.45) is 5.73 Å². The van der Waals surface area contributed by atoms with Crippen LogP contribution in [0.1, 0.15) is 16.1 Å². The van der Waals surface area contributed by atoms with Gasteiger partial charge in [0.2, 0.25) is 0 Å². The van der Waals surface area contributed by atoms with E-state index in [4.69, 9.17) is 18.0 Å². The maximum Gasteiger partial charge on any atom is 0.573 e. The highest BCUT2D eigenvalue weighted by molar-refractivity contribution is 7.71. The standard InChI is InChI=1S/C19H15F3N4O2S/c20-19(21,22)28-16-8-4-2-6-13(16)17(27)24-10-11(23)9-15-12-5-1-3-7-14(12)25-18(29)26-15/h1-9H,10,23H2,(H,24,27)(H,25,26,29)/b11-9-. The molecule has 10 heteroatoms. The monoisotopic (exact) mass is 420 g/mol. The van der Waals surface area contributed by atoms with Crippen molar-refractivity contribution in [2.75, 3.05) is 6.54 Å². The fraction of sp³-hybridized carbons (Fsp3) is 0.105. The van der Waals surface area contributed by atoms with E-state index in [2.05, 4.69) is 20.0 Å². The fourth-order valence-electron chi connectivity index (χ4n) is 2.61. The molecule has 1 heterocycles. The molecule has 0 saturated carbocycles. The zero-order valence-electron chi connectivity index (χ0n) is 14.8.